The zero-order valence-electron chi connectivity index (χ0n) is 12.0. The lowest BCUT2D eigenvalue weighted by Crippen LogP contribution is -2.60. The maximum absolute atomic E-state index is 10.1. The van der Waals surface area contributed by atoms with E-state index in [9.17, 15) is 30.6 Å². The minimum absolute atomic E-state index is 0.652. The highest BCUT2D eigenvalue weighted by atomic mass is 16.9. The Hall–Kier alpha value is -0.440. The Kier molecular flexibility index (Phi) is 5.92. The topological polar surface area (TPSA) is 190 Å². The van der Waals surface area contributed by atoms with E-state index < -0.39 is 74.6 Å². The van der Waals surface area contributed by atoms with Gasteiger partial charge in [0.2, 0.25) is 5.79 Å². The second-order valence-corrected chi connectivity index (χ2v) is 5.63. The van der Waals surface area contributed by atoms with Crippen molar-refractivity contribution in [2.45, 2.75) is 54.8 Å². The highest BCUT2D eigenvalue weighted by Crippen LogP contribution is 2.31. The first-order valence-corrected chi connectivity index (χ1v) is 7.04. The van der Waals surface area contributed by atoms with Crippen LogP contribution >= 0.6 is 0 Å². The standard InChI is InChI=1S/C12H22O11/c13-1-4-6(15)8(17)9(18)11(22-4)21-3-12(20)10(19)7(16)5(2-14)23-12/h4-11,13-20H,1-3H2/t4-,5-,6-,7-,8+,9-,10+,11-,12-/m1/s1/i1+1,2+1,3+1,4+1,5+1,6+1,7+1,8+1,9+1,10+1,11+1,12+1. The lowest BCUT2D eigenvalue weighted by molar-refractivity contribution is -0.332. The molecular weight excluding hydrogens is 332 g/mol. The van der Waals surface area contributed by atoms with Gasteiger partial charge in [0.1, 0.15) is 49.3 Å². The van der Waals surface area contributed by atoms with Crippen LogP contribution in [0.3, 0.4) is 0 Å². The molecule has 2 aliphatic rings. The van der Waals surface area contributed by atoms with Crippen LogP contribution in [0.15, 0.2) is 0 Å². The normalized spacial score (nSPS) is 51.1. The molecule has 0 spiro atoms. The molecule has 2 aliphatic heterocycles. The maximum Gasteiger partial charge on any atom is 0.219 e. The van der Waals surface area contributed by atoms with Crippen LogP contribution in [-0.2, 0) is 14.2 Å². The first kappa shape index (κ1) is 18.9. The third-order valence-electron chi connectivity index (χ3n) is 4.00. The molecule has 0 aromatic carbocycles. The summed E-state index contributed by atoms with van der Waals surface area (Å²) in [7, 11) is 0. The monoisotopic (exact) mass is 354 g/mol. The Labute approximate surface area is 130 Å². The molecule has 2 heterocycles. The predicted molar refractivity (Wildman–Crippen MR) is 68.6 cm³/mol. The van der Waals surface area contributed by atoms with Crippen LogP contribution in [0.5, 0.6) is 0 Å². The molecular formula is C12H22O11. The van der Waals surface area contributed by atoms with Crippen molar-refractivity contribution in [3.8, 4) is 0 Å². The minimum atomic E-state index is -2.37. The van der Waals surface area contributed by atoms with E-state index in [0.29, 0.717) is 0 Å². The molecule has 0 radical (unpaired) electrons. The molecule has 0 saturated carbocycles. The van der Waals surface area contributed by atoms with Crippen molar-refractivity contribution in [2.24, 2.45) is 0 Å². The highest BCUT2D eigenvalue weighted by Gasteiger charge is 2.54. The van der Waals surface area contributed by atoms with Crippen LogP contribution in [0.2, 0.25) is 0 Å². The van der Waals surface area contributed by atoms with Gasteiger partial charge in [-0.25, -0.2) is 0 Å². The smallest absolute Gasteiger partial charge is 0.219 e. The van der Waals surface area contributed by atoms with E-state index >= 15 is 0 Å². The van der Waals surface area contributed by atoms with Crippen molar-refractivity contribution in [2.75, 3.05) is 19.8 Å². The number of aliphatic hydroxyl groups excluding tert-OH is 7. The quantitative estimate of drug-likeness (QED) is 0.220. The van der Waals surface area contributed by atoms with E-state index in [0.717, 1.165) is 0 Å². The van der Waals surface area contributed by atoms with Gasteiger partial charge in [0, 0.05) is 0 Å². The maximum atomic E-state index is 10.1. The van der Waals surface area contributed by atoms with Gasteiger partial charge in [-0.15, -0.1) is 0 Å². The van der Waals surface area contributed by atoms with Crippen molar-refractivity contribution >= 4 is 0 Å². The van der Waals surface area contributed by atoms with E-state index in [-0.39, 0.29) is 0 Å². The van der Waals surface area contributed by atoms with Crippen molar-refractivity contribution < 1.29 is 55.1 Å². The number of rotatable bonds is 5. The van der Waals surface area contributed by atoms with Gasteiger partial charge in [0.15, 0.2) is 6.29 Å². The van der Waals surface area contributed by atoms with Crippen molar-refractivity contribution in [3.63, 3.8) is 0 Å². The second kappa shape index (κ2) is 7.21. The average Bonchev–Trinajstić information content (AvgIpc) is 2.76. The SMILES string of the molecule is O[13CH2][13C@H]1O[13C@](O)([13CH2]O[13C@@H]2O[13C@H]([13CH2]O)[13C@@H](O)[13C@H](O)[13C@H]2O)[13C@@H](O)[13C@@H]1O. The van der Waals surface area contributed by atoms with Gasteiger partial charge in [0.05, 0.1) is 13.2 Å². The van der Waals surface area contributed by atoms with E-state index in [4.69, 9.17) is 24.4 Å². The Morgan fingerprint density at radius 3 is 1.96 bits per heavy atom. The predicted octanol–water partition coefficient (Wildman–Crippen LogP) is -5.40. The molecule has 2 rings (SSSR count). The van der Waals surface area contributed by atoms with Gasteiger partial charge in [-0.05, 0) is 0 Å². The molecule has 0 bridgehead atoms. The van der Waals surface area contributed by atoms with Gasteiger partial charge in [-0.3, -0.25) is 0 Å². The lowest BCUT2D eigenvalue weighted by atomic mass is 10.9. The molecule has 136 valence electrons. The van der Waals surface area contributed by atoms with Crippen LogP contribution in [0.25, 0.3) is 0 Å². The summed E-state index contributed by atoms with van der Waals surface area (Å²) in [6, 6.07) is 0. The van der Waals surface area contributed by atoms with Gasteiger partial charge in [-0.1, -0.05) is 0 Å². The summed E-state index contributed by atoms with van der Waals surface area (Å²) in [6.07, 6.45) is -12.2. The molecule has 0 amide bonds. The summed E-state index contributed by atoms with van der Waals surface area (Å²) in [5, 5.41) is 76.5. The highest BCUT2D eigenvalue weighted by molar-refractivity contribution is 4.96. The first-order valence-electron chi connectivity index (χ1n) is 7.04. The summed E-state index contributed by atoms with van der Waals surface area (Å²) in [4.78, 5) is 0. The number of aliphatic hydroxyl groups is 8. The summed E-state index contributed by atoms with van der Waals surface area (Å²) < 4.78 is 15.1. The number of hydrogen-bond donors (Lipinski definition) is 8. The fourth-order valence-electron chi connectivity index (χ4n) is 2.54. The number of hydrogen-bond acceptors (Lipinski definition) is 11. The van der Waals surface area contributed by atoms with E-state index in [1.165, 1.54) is 0 Å². The third kappa shape index (κ3) is 3.50. The Morgan fingerprint density at radius 2 is 1.43 bits per heavy atom. The van der Waals surface area contributed by atoms with E-state index in [2.05, 4.69) is 0 Å². The van der Waals surface area contributed by atoms with Crippen LogP contribution < -0.4 is 0 Å². The van der Waals surface area contributed by atoms with E-state index in [1.54, 1.807) is 0 Å². The van der Waals surface area contributed by atoms with Crippen LogP contribution in [0.1, 0.15) is 0 Å². The van der Waals surface area contributed by atoms with Crippen molar-refractivity contribution in [1.29, 1.82) is 0 Å². The van der Waals surface area contributed by atoms with Crippen molar-refractivity contribution in [1.82, 2.24) is 0 Å². The molecule has 0 aromatic rings. The molecule has 11 heteroatoms. The zero-order valence-corrected chi connectivity index (χ0v) is 12.0. The largest absolute Gasteiger partial charge is 0.394 e. The average molecular weight is 354 g/mol. The summed E-state index contributed by atoms with van der Waals surface area (Å²) >= 11 is 0. The molecule has 9 atom stereocenters. The van der Waals surface area contributed by atoms with Gasteiger partial charge >= 0.3 is 0 Å². The van der Waals surface area contributed by atoms with Gasteiger partial charge in [0.25, 0.3) is 0 Å². The zero-order chi connectivity index (χ0) is 17.4. The van der Waals surface area contributed by atoms with Crippen LogP contribution in [0.4, 0.5) is 0 Å². The molecule has 2 saturated heterocycles. The lowest BCUT2D eigenvalue weighted by Gasteiger charge is -2.40. The second-order valence-electron chi connectivity index (χ2n) is 5.63. The molecule has 23 heavy (non-hydrogen) atoms. The molecule has 2 fully saturated rings. The fourth-order valence-corrected chi connectivity index (χ4v) is 2.54. The summed E-state index contributed by atoms with van der Waals surface area (Å²) in [5.74, 6) is -2.37. The Balaban J connectivity index is 1.99. The van der Waals surface area contributed by atoms with E-state index in [1.807, 2.05) is 0 Å². The fraction of sp³-hybridized carbons (Fsp3) is 1.00. The third-order valence-corrected chi connectivity index (χ3v) is 4.00. The molecule has 8 N–H and O–H groups in total. The molecule has 0 unspecified atom stereocenters. The summed E-state index contributed by atoms with van der Waals surface area (Å²) in [5.41, 5.74) is 0. The minimum Gasteiger partial charge on any atom is -0.394 e. The molecule has 0 aliphatic carbocycles. The molecule has 11 nitrogen and oxygen atoms in total. The first-order chi connectivity index (χ1) is 10.7. The van der Waals surface area contributed by atoms with Gasteiger partial charge < -0.3 is 55.1 Å². The van der Waals surface area contributed by atoms with Crippen LogP contribution in [0, 0.1) is 0 Å². The van der Waals surface area contributed by atoms with Crippen molar-refractivity contribution in [3.05, 3.63) is 0 Å². The van der Waals surface area contributed by atoms with Crippen LogP contribution in [-0.4, -0.2) is 115 Å². The summed E-state index contributed by atoms with van der Waals surface area (Å²) in [6.45, 7) is -2.08. The number of ether oxygens (including phenoxy) is 3. The van der Waals surface area contributed by atoms with Gasteiger partial charge in [-0.2, -0.15) is 0 Å². The Bertz CT molecular complexity index is 393. The Morgan fingerprint density at radius 1 is 0.826 bits per heavy atom. The molecule has 0 aromatic heterocycles.